The lowest BCUT2D eigenvalue weighted by molar-refractivity contribution is 0.0696. The molecule has 0 aliphatic carbocycles. The fraction of sp³-hybridized carbons (Fsp3) is 0. The van der Waals surface area contributed by atoms with Crippen molar-refractivity contribution in [3.8, 4) is 0 Å². The lowest BCUT2D eigenvalue weighted by Crippen LogP contribution is -2.18. The van der Waals surface area contributed by atoms with Crippen LogP contribution in [0.5, 0.6) is 0 Å². The maximum atomic E-state index is 11.9. The molecule has 0 saturated carbocycles. The number of aromatic amines is 1. The highest BCUT2D eigenvalue weighted by Crippen LogP contribution is 2.24. The van der Waals surface area contributed by atoms with E-state index in [0.29, 0.717) is 10.2 Å². The molecule has 0 unspecified atom stereocenters. The van der Waals surface area contributed by atoms with Gasteiger partial charge in [0.25, 0.3) is 5.91 Å². The number of H-pyrrole nitrogens is 1. The zero-order chi connectivity index (χ0) is 14.7. The Hall–Kier alpha value is -2.41. The first kappa shape index (κ1) is 14.0. The number of nitrogens with one attached hydrogen (secondary N) is 2. The molecule has 1 aromatic heterocycles. The van der Waals surface area contributed by atoms with E-state index in [1.54, 1.807) is 0 Å². The standard InChI is InChI=1S/C13H9BrN2O4/c14-8-6-7(13(19)20)4-5-9(8)16-12(18)10-2-1-3-11(17)15-10/h1-6H,(H,15,17)(H,16,18)(H,19,20). The number of carbonyl (C=O) groups is 2. The molecule has 0 saturated heterocycles. The summed E-state index contributed by atoms with van der Waals surface area (Å²) in [5.41, 5.74) is 0.248. The molecule has 0 fully saturated rings. The fourth-order valence-electron chi connectivity index (χ4n) is 1.52. The Labute approximate surface area is 121 Å². The van der Waals surface area contributed by atoms with Gasteiger partial charge in [0.1, 0.15) is 5.69 Å². The van der Waals surface area contributed by atoms with Gasteiger partial charge in [0.2, 0.25) is 5.56 Å². The van der Waals surface area contributed by atoms with Crippen molar-refractivity contribution in [2.24, 2.45) is 0 Å². The molecule has 3 N–H and O–H groups in total. The first-order chi connectivity index (χ1) is 9.47. The zero-order valence-corrected chi connectivity index (χ0v) is 11.6. The highest BCUT2D eigenvalue weighted by atomic mass is 79.9. The summed E-state index contributed by atoms with van der Waals surface area (Å²) in [6.07, 6.45) is 0. The van der Waals surface area contributed by atoms with Crippen LogP contribution in [0.1, 0.15) is 20.8 Å². The Morgan fingerprint density at radius 3 is 2.55 bits per heavy atom. The van der Waals surface area contributed by atoms with Gasteiger partial charge in [-0.25, -0.2) is 4.79 Å². The Morgan fingerprint density at radius 1 is 1.20 bits per heavy atom. The van der Waals surface area contributed by atoms with Crippen molar-refractivity contribution in [3.05, 3.63) is 62.5 Å². The van der Waals surface area contributed by atoms with E-state index in [1.165, 1.54) is 36.4 Å². The van der Waals surface area contributed by atoms with Crippen molar-refractivity contribution in [2.45, 2.75) is 0 Å². The smallest absolute Gasteiger partial charge is 0.335 e. The average Bonchev–Trinajstić information content (AvgIpc) is 2.40. The summed E-state index contributed by atoms with van der Waals surface area (Å²) in [5, 5.41) is 11.4. The number of halogens is 1. The summed E-state index contributed by atoms with van der Waals surface area (Å²) in [5.74, 6) is -1.55. The molecule has 0 radical (unpaired) electrons. The van der Waals surface area contributed by atoms with Crippen LogP contribution in [0.25, 0.3) is 0 Å². The van der Waals surface area contributed by atoms with Crippen LogP contribution in [-0.4, -0.2) is 22.0 Å². The second-order valence-corrected chi connectivity index (χ2v) is 4.74. The monoisotopic (exact) mass is 336 g/mol. The van der Waals surface area contributed by atoms with Crippen LogP contribution >= 0.6 is 15.9 Å². The predicted octanol–water partition coefficient (Wildman–Crippen LogP) is 2.09. The summed E-state index contributed by atoms with van der Waals surface area (Å²) >= 11 is 3.18. The van der Waals surface area contributed by atoms with Gasteiger partial charge in [0.15, 0.2) is 0 Å². The van der Waals surface area contributed by atoms with Crippen LogP contribution in [0.3, 0.4) is 0 Å². The van der Waals surface area contributed by atoms with E-state index >= 15 is 0 Å². The van der Waals surface area contributed by atoms with E-state index in [2.05, 4.69) is 26.2 Å². The van der Waals surface area contributed by atoms with E-state index in [1.807, 2.05) is 0 Å². The number of carboxylic acids is 1. The van der Waals surface area contributed by atoms with Crippen LogP contribution in [0.15, 0.2) is 45.7 Å². The third-order valence-electron chi connectivity index (χ3n) is 2.48. The van der Waals surface area contributed by atoms with Gasteiger partial charge in [-0.1, -0.05) is 6.07 Å². The molecule has 1 amide bonds. The molecule has 0 aliphatic rings. The number of aromatic nitrogens is 1. The van der Waals surface area contributed by atoms with Crippen LogP contribution in [0, 0.1) is 0 Å². The summed E-state index contributed by atoms with van der Waals surface area (Å²) in [6.45, 7) is 0. The number of pyridine rings is 1. The van der Waals surface area contributed by atoms with Gasteiger partial charge in [-0.2, -0.15) is 0 Å². The number of amides is 1. The van der Waals surface area contributed by atoms with Gasteiger partial charge in [-0.05, 0) is 40.2 Å². The van der Waals surface area contributed by atoms with E-state index in [4.69, 9.17) is 5.11 Å². The SMILES string of the molecule is O=C(O)c1ccc(NC(=O)c2cccc(=O)[nH]2)c(Br)c1. The summed E-state index contributed by atoms with van der Waals surface area (Å²) in [4.78, 5) is 36.2. The van der Waals surface area contributed by atoms with Crippen LogP contribution in [-0.2, 0) is 0 Å². The molecule has 20 heavy (non-hydrogen) atoms. The number of aromatic carboxylic acids is 1. The first-order valence-electron chi connectivity index (χ1n) is 5.51. The van der Waals surface area contributed by atoms with Gasteiger partial charge < -0.3 is 15.4 Å². The largest absolute Gasteiger partial charge is 0.478 e. The molecule has 2 rings (SSSR count). The molecule has 0 aliphatic heterocycles. The number of anilines is 1. The van der Waals surface area contributed by atoms with E-state index in [0.717, 1.165) is 0 Å². The van der Waals surface area contributed by atoms with Crippen molar-refractivity contribution in [1.29, 1.82) is 0 Å². The molecular weight excluding hydrogens is 328 g/mol. The van der Waals surface area contributed by atoms with E-state index in [9.17, 15) is 14.4 Å². The minimum atomic E-state index is -1.06. The van der Waals surface area contributed by atoms with Gasteiger partial charge in [0, 0.05) is 10.5 Å². The first-order valence-corrected chi connectivity index (χ1v) is 6.30. The molecule has 6 nitrogen and oxygen atoms in total. The summed E-state index contributed by atoms with van der Waals surface area (Å²) < 4.78 is 0.434. The van der Waals surface area contributed by atoms with Gasteiger partial charge in [-0.3, -0.25) is 9.59 Å². The van der Waals surface area contributed by atoms with Crippen molar-refractivity contribution in [2.75, 3.05) is 5.32 Å². The molecule has 0 spiro atoms. The lowest BCUT2D eigenvalue weighted by atomic mass is 10.2. The molecule has 1 aromatic carbocycles. The average molecular weight is 337 g/mol. The van der Waals surface area contributed by atoms with Crippen LogP contribution < -0.4 is 10.9 Å². The van der Waals surface area contributed by atoms with Crippen LogP contribution in [0.2, 0.25) is 0 Å². The summed E-state index contributed by atoms with van der Waals surface area (Å²) in [7, 11) is 0. The second-order valence-electron chi connectivity index (χ2n) is 3.88. The molecule has 7 heteroatoms. The Bertz CT molecular complexity index is 739. The Morgan fingerprint density at radius 2 is 1.95 bits per heavy atom. The van der Waals surface area contributed by atoms with Crippen LogP contribution in [0.4, 0.5) is 5.69 Å². The van der Waals surface area contributed by atoms with E-state index < -0.39 is 11.9 Å². The van der Waals surface area contributed by atoms with Gasteiger partial charge in [0.05, 0.1) is 11.3 Å². The predicted molar refractivity (Wildman–Crippen MR) is 76.1 cm³/mol. The third-order valence-corrected chi connectivity index (χ3v) is 3.13. The Kier molecular flexibility index (Phi) is 3.99. The van der Waals surface area contributed by atoms with E-state index in [-0.39, 0.29) is 16.8 Å². The highest BCUT2D eigenvalue weighted by Gasteiger charge is 2.11. The number of hydrogen-bond acceptors (Lipinski definition) is 3. The van der Waals surface area contributed by atoms with Crippen molar-refractivity contribution < 1.29 is 14.7 Å². The highest BCUT2D eigenvalue weighted by molar-refractivity contribution is 9.10. The van der Waals surface area contributed by atoms with Crippen molar-refractivity contribution in [3.63, 3.8) is 0 Å². The van der Waals surface area contributed by atoms with Gasteiger partial charge in [-0.15, -0.1) is 0 Å². The number of hydrogen-bond donors (Lipinski definition) is 3. The lowest BCUT2D eigenvalue weighted by Gasteiger charge is -2.07. The number of carboxylic acid groups (broad SMARTS) is 1. The maximum absolute atomic E-state index is 11.9. The third kappa shape index (κ3) is 3.12. The fourth-order valence-corrected chi connectivity index (χ4v) is 2.00. The maximum Gasteiger partial charge on any atom is 0.335 e. The number of benzene rings is 1. The minimum absolute atomic E-state index is 0.1000. The topological polar surface area (TPSA) is 99.3 Å². The quantitative estimate of drug-likeness (QED) is 0.798. The second kappa shape index (κ2) is 5.70. The zero-order valence-electron chi connectivity index (χ0n) is 10.0. The molecular formula is C13H9BrN2O4. The Balaban J connectivity index is 2.24. The molecule has 2 aromatic rings. The van der Waals surface area contributed by atoms with Gasteiger partial charge >= 0.3 is 5.97 Å². The number of carbonyl (C=O) groups excluding carboxylic acids is 1. The normalized spacial score (nSPS) is 10.1. The molecule has 1 heterocycles. The molecule has 102 valence electrons. The number of rotatable bonds is 3. The molecule has 0 bridgehead atoms. The molecule has 0 atom stereocenters. The van der Waals surface area contributed by atoms with Crippen molar-refractivity contribution in [1.82, 2.24) is 4.98 Å². The van der Waals surface area contributed by atoms with Crippen molar-refractivity contribution >= 4 is 33.5 Å². The minimum Gasteiger partial charge on any atom is -0.478 e. The summed E-state index contributed by atoms with van der Waals surface area (Å²) in [6, 6.07) is 8.45.